The molecule has 1 fully saturated rings. The summed E-state index contributed by atoms with van der Waals surface area (Å²) in [6.45, 7) is 5.64. The van der Waals surface area contributed by atoms with Crippen LogP contribution in [-0.4, -0.2) is 16.3 Å². The third-order valence-electron chi connectivity index (χ3n) is 2.37. The molecule has 0 radical (unpaired) electrons. The Hall–Kier alpha value is -1.25. The van der Waals surface area contributed by atoms with Crippen molar-refractivity contribution in [2.75, 3.05) is 0 Å². The van der Waals surface area contributed by atoms with Gasteiger partial charge < -0.3 is 4.74 Å². The van der Waals surface area contributed by atoms with Crippen molar-refractivity contribution in [1.29, 1.82) is 0 Å². The molecule has 0 amide bonds. The van der Waals surface area contributed by atoms with Gasteiger partial charge in [0.1, 0.15) is 5.60 Å². The van der Waals surface area contributed by atoms with E-state index in [0.717, 1.165) is 5.69 Å². The number of nitrogens with zero attached hydrogens (tertiary/aromatic N) is 1. The fraction of sp³-hybridized carbons (Fsp3) is 0.583. The summed E-state index contributed by atoms with van der Waals surface area (Å²) in [5.74, 6) is 0.563. The van der Waals surface area contributed by atoms with E-state index in [4.69, 9.17) is 4.74 Å². The van der Waals surface area contributed by atoms with Crippen LogP contribution in [0.5, 0.6) is 0 Å². The van der Waals surface area contributed by atoms with Crippen LogP contribution in [0.4, 0.5) is 4.79 Å². The minimum absolute atomic E-state index is 0.269. The predicted molar refractivity (Wildman–Crippen MR) is 58.0 cm³/mol. The van der Waals surface area contributed by atoms with Crippen molar-refractivity contribution < 1.29 is 9.53 Å². The average Bonchev–Trinajstić information content (AvgIpc) is 2.80. The van der Waals surface area contributed by atoms with E-state index in [2.05, 4.69) is 0 Å². The van der Waals surface area contributed by atoms with Crippen molar-refractivity contribution in [3.05, 3.63) is 24.0 Å². The van der Waals surface area contributed by atoms with E-state index in [0.29, 0.717) is 5.92 Å². The zero-order chi connectivity index (χ0) is 11.1. The average molecular weight is 207 g/mol. The van der Waals surface area contributed by atoms with E-state index >= 15 is 0 Å². The first-order chi connectivity index (χ1) is 6.97. The number of hydrogen-bond donors (Lipinski definition) is 0. The molecule has 0 bridgehead atoms. The van der Waals surface area contributed by atoms with Gasteiger partial charge >= 0.3 is 6.09 Å². The lowest BCUT2D eigenvalue weighted by Crippen LogP contribution is -2.27. The maximum absolute atomic E-state index is 11.8. The molecule has 1 aromatic rings. The van der Waals surface area contributed by atoms with Gasteiger partial charge in [0.15, 0.2) is 0 Å². The molecule has 0 aliphatic heterocycles. The second-order valence-corrected chi connectivity index (χ2v) is 5.06. The Labute approximate surface area is 90.0 Å². The van der Waals surface area contributed by atoms with Gasteiger partial charge in [-0.25, -0.2) is 4.79 Å². The predicted octanol–water partition coefficient (Wildman–Crippen LogP) is 3.15. The fourth-order valence-corrected chi connectivity index (χ4v) is 1.58. The summed E-state index contributed by atoms with van der Waals surface area (Å²) in [7, 11) is 0. The van der Waals surface area contributed by atoms with Crippen molar-refractivity contribution in [1.82, 2.24) is 4.57 Å². The van der Waals surface area contributed by atoms with Crippen molar-refractivity contribution in [3.8, 4) is 0 Å². The van der Waals surface area contributed by atoms with E-state index < -0.39 is 5.60 Å². The van der Waals surface area contributed by atoms with Crippen LogP contribution in [0.1, 0.15) is 45.2 Å². The quantitative estimate of drug-likeness (QED) is 0.708. The van der Waals surface area contributed by atoms with Crippen molar-refractivity contribution in [2.24, 2.45) is 0 Å². The Morgan fingerprint density at radius 1 is 1.47 bits per heavy atom. The standard InChI is InChI=1S/C12H17NO2/c1-12(2,3)15-11(14)13-8-4-5-10(13)9-6-7-9/h4-5,8-9H,6-7H2,1-3H3. The van der Waals surface area contributed by atoms with Crippen molar-refractivity contribution >= 4 is 6.09 Å². The Bertz CT molecular complexity index is 369. The van der Waals surface area contributed by atoms with Crippen molar-refractivity contribution in [2.45, 2.75) is 45.1 Å². The topological polar surface area (TPSA) is 31.2 Å². The van der Waals surface area contributed by atoms with Crippen LogP contribution >= 0.6 is 0 Å². The lowest BCUT2D eigenvalue weighted by atomic mass is 10.2. The van der Waals surface area contributed by atoms with Gasteiger partial charge in [0.25, 0.3) is 0 Å². The highest BCUT2D eigenvalue weighted by molar-refractivity contribution is 5.72. The molecule has 1 aliphatic rings. The molecule has 1 aliphatic carbocycles. The molecule has 0 unspecified atom stereocenters. The molecule has 0 N–H and O–H groups in total. The normalized spacial score (nSPS) is 16.5. The van der Waals surface area contributed by atoms with Crippen LogP contribution in [0.3, 0.4) is 0 Å². The number of rotatable bonds is 1. The number of aromatic nitrogens is 1. The van der Waals surface area contributed by atoms with Gasteiger partial charge in [0.2, 0.25) is 0 Å². The van der Waals surface area contributed by atoms with E-state index in [1.165, 1.54) is 12.8 Å². The molecule has 0 saturated heterocycles. The molecule has 2 rings (SSSR count). The molecule has 15 heavy (non-hydrogen) atoms. The first-order valence-corrected chi connectivity index (χ1v) is 5.38. The summed E-state index contributed by atoms with van der Waals surface area (Å²) in [5, 5.41) is 0. The monoisotopic (exact) mass is 207 g/mol. The summed E-state index contributed by atoms with van der Waals surface area (Å²) in [4.78, 5) is 11.8. The Balaban J connectivity index is 2.14. The maximum atomic E-state index is 11.8. The van der Waals surface area contributed by atoms with Crippen LogP contribution in [0.15, 0.2) is 18.3 Å². The highest BCUT2D eigenvalue weighted by Gasteiger charge is 2.29. The van der Waals surface area contributed by atoms with Gasteiger partial charge in [-0.3, -0.25) is 4.57 Å². The van der Waals surface area contributed by atoms with Gasteiger partial charge in [-0.15, -0.1) is 0 Å². The van der Waals surface area contributed by atoms with Crippen LogP contribution in [0.2, 0.25) is 0 Å². The van der Waals surface area contributed by atoms with Gasteiger partial charge in [-0.2, -0.15) is 0 Å². The third kappa shape index (κ3) is 2.41. The summed E-state index contributed by atoms with van der Waals surface area (Å²) < 4.78 is 6.95. The van der Waals surface area contributed by atoms with Gasteiger partial charge in [-0.05, 0) is 51.7 Å². The number of carbonyl (C=O) groups excluding carboxylic acids is 1. The lowest BCUT2D eigenvalue weighted by Gasteiger charge is -2.20. The van der Waals surface area contributed by atoms with E-state index in [9.17, 15) is 4.79 Å². The molecule has 3 heteroatoms. The summed E-state index contributed by atoms with van der Waals surface area (Å²) in [5.41, 5.74) is 0.659. The van der Waals surface area contributed by atoms with Gasteiger partial charge in [0, 0.05) is 11.9 Å². The third-order valence-corrected chi connectivity index (χ3v) is 2.37. The summed E-state index contributed by atoms with van der Waals surface area (Å²) >= 11 is 0. The molecule has 1 heterocycles. The summed E-state index contributed by atoms with van der Waals surface area (Å²) in [6, 6.07) is 3.90. The zero-order valence-corrected chi connectivity index (χ0v) is 9.49. The zero-order valence-electron chi connectivity index (χ0n) is 9.49. The second-order valence-electron chi connectivity index (χ2n) is 5.06. The van der Waals surface area contributed by atoms with E-state index in [1.54, 1.807) is 10.8 Å². The maximum Gasteiger partial charge on any atom is 0.418 e. The molecule has 0 aromatic carbocycles. The molecule has 0 atom stereocenters. The molecular weight excluding hydrogens is 190 g/mol. The van der Waals surface area contributed by atoms with Crippen LogP contribution in [0.25, 0.3) is 0 Å². The molecule has 3 nitrogen and oxygen atoms in total. The second kappa shape index (κ2) is 3.40. The first kappa shape index (κ1) is 10.3. The van der Waals surface area contributed by atoms with Crippen molar-refractivity contribution in [3.63, 3.8) is 0 Å². The molecule has 82 valence electrons. The Morgan fingerprint density at radius 3 is 2.67 bits per heavy atom. The smallest absolute Gasteiger partial charge is 0.418 e. The molecular formula is C12H17NO2. The van der Waals surface area contributed by atoms with Crippen LogP contribution in [0, 0.1) is 0 Å². The summed E-state index contributed by atoms with van der Waals surface area (Å²) in [6.07, 6.45) is 3.89. The first-order valence-electron chi connectivity index (χ1n) is 5.38. The van der Waals surface area contributed by atoms with E-state index in [1.807, 2.05) is 32.9 Å². The molecule has 1 saturated carbocycles. The fourth-order valence-electron chi connectivity index (χ4n) is 1.58. The van der Waals surface area contributed by atoms with Gasteiger partial charge in [-0.1, -0.05) is 0 Å². The highest BCUT2D eigenvalue weighted by atomic mass is 16.6. The Kier molecular flexibility index (Phi) is 2.33. The SMILES string of the molecule is CC(C)(C)OC(=O)n1cccc1C1CC1. The number of ether oxygens (including phenoxy) is 1. The van der Waals surface area contributed by atoms with E-state index in [-0.39, 0.29) is 6.09 Å². The molecule has 1 aromatic heterocycles. The minimum atomic E-state index is -0.428. The Morgan fingerprint density at radius 2 is 2.13 bits per heavy atom. The lowest BCUT2D eigenvalue weighted by molar-refractivity contribution is 0.0533. The van der Waals surface area contributed by atoms with Crippen LogP contribution in [-0.2, 0) is 4.74 Å². The largest absolute Gasteiger partial charge is 0.443 e. The van der Waals surface area contributed by atoms with Crippen LogP contribution < -0.4 is 0 Å². The molecule has 0 spiro atoms. The van der Waals surface area contributed by atoms with Gasteiger partial charge in [0.05, 0.1) is 0 Å². The minimum Gasteiger partial charge on any atom is -0.443 e. The highest BCUT2D eigenvalue weighted by Crippen LogP contribution is 2.40. The number of hydrogen-bond acceptors (Lipinski definition) is 2. The number of carbonyl (C=O) groups is 1.